The Morgan fingerprint density at radius 1 is 1.00 bits per heavy atom. The number of fused-ring (bicyclic) bond motifs is 1. The minimum atomic E-state index is -0.804. The fourth-order valence-electron chi connectivity index (χ4n) is 3.06. The number of hydrogen-bond acceptors (Lipinski definition) is 5. The molecule has 0 aliphatic carbocycles. The summed E-state index contributed by atoms with van der Waals surface area (Å²) in [7, 11) is 0. The van der Waals surface area contributed by atoms with Crippen molar-refractivity contribution >= 4 is 29.6 Å². The monoisotopic (exact) mass is 378 g/mol. The number of barbiturate groups is 1. The minimum Gasteiger partial charge on any atom is -0.454 e. The highest BCUT2D eigenvalue weighted by atomic mass is 16.7. The summed E-state index contributed by atoms with van der Waals surface area (Å²) in [6.45, 7) is 4.25. The Morgan fingerprint density at radius 3 is 2.43 bits per heavy atom. The Balaban J connectivity index is 1.68. The highest BCUT2D eigenvalue weighted by molar-refractivity contribution is 6.39. The van der Waals surface area contributed by atoms with Crippen LogP contribution >= 0.6 is 0 Å². The van der Waals surface area contributed by atoms with Crippen molar-refractivity contribution in [2.75, 3.05) is 11.7 Å². The fraction of sp³-hybridized carbons (Fsp3) is 0.190. The van der Waals surface area contributed by atoms with Gasteiger partial charge in [0, 0.05) is 6.07 Å². The first-order valence-electron chi connectivity index (χ1n) is 8.85. The van der Waals surface area contributed by atoms with E-state index in [9.17, 15) is 14.4 Å². The van der Waals surface area contributed by atoms with Crippen molar-refractivity contribution in [3.8, 4) is 11.5 Å². The average Bonchev–Trinajstić information content (AvgIpc) is 3.13. The van der Waals surface area contributed by atoms with Crippen molar-refractivity contribution in [3.05, 3.63) is 59.2 Å². The molecule has 0 bridgehead atoms. The van der Waals surface area contributed by atoms with E-state index in [0.717, 1.165) is 10.5 Å². The van der Waals surface area contributed by atoms with Crippen LogP contribution in [0.5, 0.6) is 11.5 Å². The van der Waals surface area contributed by atoms with E-state index in [1.807, 2.05) is 24.3 Å². The quantitative estimate of drug-likeness (QED) is 0.655. The van der Waals surface area contributed by atoms with Gasteiger partial charge in [0.15, 0.2) is 11.5 Å². The molecule has 1 N–H and O–H groups in total. The van der Waals surface area contributed by atoms with Gasteiger partial charge in [-0.1, -0.05) is 38.1 Å². The number of urea groups is 1. The second-order valence-electron chi connectivity index (χ2n) is 6.82. The lowest BCUT2D eigenvalue weighted by atomic mass is 10.0. The van der Waals surface area contributed by atoms with Gasteiger partial charge in [-0.05, 0) is 35.3 Å². The zero-order valence-electron chi connectivity index (χ0n) is 15.4. The summed E-state index contributed by atoms with van der Waals surface area (Å²) in [6.07, 6.45) is 1.48. The van der Waals surface area contributed by atoms with Crippen LogP contribution in [-0.2, 0) is 9.59 Å². The van der Waals surface area contributed by atoms with E-state index in [1.165, 1.54) is 12.1 Å². The molecule has 1 fully saturated rings. The van der Waals surface area contributed by atoms with Crippen LogP contribution in [0.15, 0.2) is 48.0 Å². The van der Waals surface area contributed by atoms with Crippen molar-refractivity contribution < 1.29 is 23.9 Å². The Morgan fingerprint density at radius 2 is 1.71 bits per heavy atom. The van der Waals surface area contributed by atoms with E-state index in [4.69, 9.17) is 9.47 Å². The number of nitrogens with zero attached hydrogens (tertiary/aromatic N) is 1. The summed E-state index contributed by atoms with van der Waals surface area (Å²) in [6, 6.07) is 11.5. The van der Waals surface area contributed by atoms with Gasteiger partial charge in [0.25, 0.3) is 11.8 Å². The summed E-state index contributed by atoms with van der Waals surface area (Å²) >= 11 is 0. The molecular weight excluding hydrogens is 360 g/mol. The SMILES string of the molecule is CC(C)c1ccc(/C=C2\C(=O)NC(=O)N(c3ccc4c(c3)OCO4)C2=O)cc1. The van der Waals surface area contributed by atoms with Crippen LogP contribution in [0.25, 0.3) is 6.08 Å². The molecule has 0 radical (unpaired) electrons. The topological polar surface area (TPSA) is 84.9 Å². The van der Waals surface area contributed by atoms with E-state index < -0.39 is 17.8 Å². The third-order valence-corrected chi connectivity index (χ3v) is 4.63. The Labute approximate surface area is 161 Å². The Hall–Kier alpha value is -3.61. The zero-order chi connectivity index (χ0) is 19.8. The highest BCUT2D eigenvalue weighted by Gasteiger charge is 2.37. The van der Waals surface area contributed by atoms with Gasteiger partial charge in [0.2, 0.25) is 6.79 Å². The van der Waals surface area contributed by atoms with Crippen LogP contribution < -0.4 is 19.7 Å². The smallest absolute Gasteiger partial charge is 0.335 e. The van der Waals surface area contributed by atoms with Gasteiger partial charge in [-0.2, -0.15) is 0 Å². The second-order valence-corrected chi connectivity index (χ2v) is 6.82. The van der Waals surface area contributed by atoms with E-state index in [0.29, 0.717) is 28.7 Å². The van der Waals surface area contributed by atoms with Crippen molar-refractivity contribution in [3.63, 3.8) is 0 Å². The number of nitrogens with one attached hydrogen (secondary N) is 1. The third kappa shape index (κ3) is 3.11. The summed E-state index contributed by atoms with van der Waals surface area (Å²) in [5.74, 6) is -0.0728. The van der Waals surface area contributed by atoms with Crippen LogP contribution in [-0.4, -0.2) is 24.6 Å². The highest BCUT2D eigenvalue weighted by Crippen LogP contribution is 2.36. The summed E-state index contributed by atoms with van der Waals surface area (Å²) in [4.78, 5) is 38.4. The van der Waals surface area contributed by atoms with Crippen LogP contribution in [0.4, 0.5) is 10.5 Å². The molecule has 0 saturated carbocycles. The molecule has 2 heterocycles. The van der Waals surface area contributed by atoms with Gasteiger partial charge in [-0.3, -0.25) is 14.9 Å². The van der Waals surface area contributed by atoms with Crippen LogP contribution in [0, 0.1) is 0 Å². The van der Waals surface area contributed by atoms with E-state index in [2.05, 4.69) is 19.2 Å². The third-order valence-electron chi connectivity index (χ3n) is 4.63. The average molecular weight is 378 g/mol. The molecule has 0 atom stereocenters. The number of amides is 4. The maximum Gasteiger partial charge on any atom is 0.335 e. The molecular formula is C21H18N2O5. The van der Waals surface area contributed by atoms with Crippen molar-refractivity contribution in [2.24, 2.45) is 0 Å². The molecule has 2 aliphatic heterocycles. The maximum atomic E-state index is 12.9. The van der Waals surface area contributed by atoms with Crippen LogP contribution in [0.3, 0.4) is 0 Å². The van der Waals surface area contributed by atoms with Crippen molar-refractivity contribution in [1.82, 2.24) is 5.32 Å². The molecule has 0 unspecified atom stereocenters. The first-order valence-corrected chi connectivity index (χ1v) is 8.85. The minimum absolute atomic E-state index is 0.0783. The van der Waals surface area contributed by atoms with Gasteiger partial charge in [0.05, 0.1) is 5.69 Å². The number of hydrogen-bond donors (Lipinski definition) is 1. The largest absolute Gasteiger partial charge is 0.454 e. The van der Waals surface area contributed by atoms with Crippen molar-refractivity contribution in [2.45, 2.75) is 19.8 Å². The molecule has 1 saturated heterocycles. The van der Waals surface area contributed by atoms with Gasteiger partial charge in [-0.15, -0.1) is 0 Å². The molecule has 7 nitrogen and oxygen atoms in total. The van der Waals surface area contributed by atoms with Crippen LogP contribution in [0.2, 0.25) is 0 Å². The predicted octanol–water partition coefficient (Wildman–Crippen LogP) is 3.21. The first kappa shape index (κ1) is 17.8. The molecule has 4 rings (SSSR count). The summed E-state index contributed by atoms with van der Waals surface area (Å²) in [5.41, 5.74) is 2.02. The molecule has 142 valence electrons. The van der Waals surface area contributed by atoms with Gasteiger partial charge in [0.1, 0.15) is 5.57 Å². The normalized spacial score (nSPS) is 17.5. The molecule has 0 spiro atoms. The molecule has 0 aromatic heterocycles. The predicted molar refractivity (Wildman–Crippen MR) is 102 cm³/mol. The number of benzene rings is 2. The van der Waals surface area contributed by atoms with Gasteiger partial charge >= 0.3 is 6.03 Å². The molecule has 2 aromatic carbocycles. The zero-order valence-corrected chi connectivity index (χ0v) is 15.4. The number of carbonyl (C=O) groups excluding carboxylic acids is 3. The van der Waals surface area contributed by atoms with Gasteiger partial charge < -0.3 is 9.47 Å². The van der Waals surface area contributed by atoms with E-state index >= 15 is 0 Å². The molecule has 28 heavy (non-hydrogen) atoms. The fourth-order valence-corrected chi connectivity index (χ4v) is 3.06. The van der Waals surface area contributed by atoms with Gasteiger partial charge in [-0.25, -0.2) is 9.69 Å². The number of ether oxygens (including phenoxy) is 2. The van der Waals surface area contributed by atoms with E-state index in [1.54, 1.807) is 12.1 Å². The number of carbonyl (C=O) groups is 3. The Kier molecular flexibility index (Phi) is 4.35. The second kappa shape index (κ2) is 6.84. The lowest BCUT2D eigenvalue weighted by molar-refractivity contribution is -0.122. The molecule has 7 heteroatoms. The molecule has 2 aliphatic rings. The molecule has 4 amide bonds. The Bertz CT molecular complexity index is 1010. The van der Waals surface area contributed by atoms with Crippen molar-refractivity contribution in [1.29, 1.82) is 0 Å². The standard InChI is InChI=1S/C21H18N2O5/c1-12(2)14-5-3-13(4-6-14)9-16-19(24)22-21(26)23(20(16)25)15-7-8-17-18(10-15)28-11-27-17/h3-10,12H,11H2,1-2H3,(H,22,24,26)/b16-9+. The lowest BCUT2D eigenvalue weighted by Crippen LogP contribution is -2.54. The first-order chi connectivity index (χ1) is 13.4. The summed E-state index contributed by atoms with van der Waals surface area (Å²) in [5, 5.41) is 2.21. The maximum absolute atomic E-state index is 12.9. The number of rotatable bonds is 3. The van der Waals surface area contributed by atoms with E-state index in [-0.39, 0.29) is 12.4 Å². The lowest BCUT2D eigenvalue weighted by Gasteiger charge is -2.26. The number of anilines is 1. The summed E-state index contributed by atoms with van der Waals surface area (Å²) < 4.78 is 10.5. The molecule has 2 aromatic rings. The van der Waals surface area contributed by atoms with Crippen LogP contribution in [0.1, 0.15) is 30.9 Å². The number of imide groups is 2.